The van der Waals surface area contributed by atoms with Crippen molar-refractivity contribution in [3.63, 3.8) is 0 Å². The minimum Gasteiger partial charge on any atom is -0.341 e. The van der Waals surface area contributed by atoms with E-state index in [1.165, 1.54) is 0 Å². The van der Waals surface area contributed by atoms with Gasteiger partial charge in [0, 0.05) is 19.6 Å². The third-order valence-electron chi connectivity index (χ3n) is 4.62. The molecule has 0 aromatic carbocycles. The number of nitrogens with one attached hydrogen (secondary N) is 1. The molecule has 2 heterocycles. The van der Waals surface area contributed by atoms with Crippen molar-refractivity contribution in [1.82, 2.24) is 15.1 Å². The van der Waals surface area contributed by atoms with Crippen molar-refractivity contribution in [2.45, 2.75) is 51.2 Å². The molecular formula is C16H27ClF3N3O2. The Labute approximate surface area is 152 Å². The van der Waals surface area contributed by atoms with Crippen LogP contribution in [0.4, 0.5) is 13.2 Å². The molecule has 0 saturated carbocycles. The Morgan fingerprint density at radius 2 is 1.96 bits per heavy atom. The molecule has 0 radical (unpaired) electrons. The van der Waals surface area contributed by atoms with E-state index >= 15 is 0 Å². The number of piperidine rings is 1. The summed E-state index contributed by atoms with van der Waals surface area (Å²) >= 11 is 0. The van der Waals surface area contributed by atoms with Crippen LogP contribution >= 0.6 is 12.4 Å². The van der Waals surface area contributed by atoms with Crippen molar-refractivity contribution < 1.29 is 22.8 Å². The van der Waals surface area contributed by atoms with Gasteiger partial charge >= 0.3 is 6.18 Å². The molecule has 0 aromatic rings. The molecule has 2 aliphatic heterocycles. The molecular weight excluding hydrogens is 359 g/mol. The van der Waals surface area contributed by atoms with Crippen LogP contribution < -0.4 is 5.32 Å². The molecule has 2 fully saturated rings. The van der Waals surface area contributed by atoms with Gasteiger partial charge in [-0.1, -0.05) is 6.92 Å². The standard InChI is InChI=1S/C16H26F3N3O2.ClH/c1-2-8-22(11-16(17,18)19)14(23)12-5-4-9-21(10-12)15(24)13-6-3-7-20-13;/h12-13,20H,2-11H2,1H3;1H. The van der Waals surface area contributed by atoms with E-state index in [2.05, 4.69) is 5.32 Å². The summed E-state index contributed by atoms with van der Waals surface area (Å²) in [4.78, 5) is 27.5. The van der Waals surface area contributed by atoms with Crippen molar-refractivity contribution in [3.05, 3.63) is 0 Å². The number of nitrogens with zero attached hydrogens (tertiary/aromatic N) is 2. The maximum absolute atomic E-state index is 12.7. The van der Waals surface area contributed by atoms with Gasteiger partial charge in [0.05, 0.1) is 12.0 Å². The number of hydrogen-bond donors (Lipinski definition) is 1. The van der Waals surface area contributed by atoms with Gasteiger partial charge in [0.1, 0.15) is 6.54 Å². The van der Waals surface area contributed by atoms with Crippen molar-refractivity contribution in [2.24, 2.45) is 5.92 Å². The van der Waals surface area contributed by atoms with Crippen LogP contribution in [0.2, 0.25) is 0 Å². The van der Waals surface area contributed by atoms with Gasteiger partial charge < -0.3 is 15.1 Å². The van der Waals surface area contributed by atoms with Crippen LogP contribution in [0.1, 0.15) is 39.0 Å². The lowest BCUT2D eigenvalue weighted by atomic mass is 9.95. The molecule has 2 amide bonds. The molecule has 2 aliphatic rings. The largest absolute Gasteiger partial charge is 0.406 e. The van der Waals surface area contributed by atoms with Crippen LogP contribution in [0.15, 0.2) is 0 Å². The highest BCUT2D eigenvalue weighted by molar-refractivity contribution is 5.85. The Balaban J connectivity index is 0.00000312. The fourth-order valence-electron chi connectivity index (χ4n) is 3.51. The third kappa shape index (κ3) is 6.33. The Morgan fingerprint density at radius 3 is 2.52 bits per heavy atom. The normalized spacial score (nSPS) is 23.9. The van der Waals surface area contributed by atoms with Gasteiger partial charge in [-0.05, 0) is 38.6 Å². The monoisotopic (exact) mass is 385 g/mol. The Kier molecular flexibility index (Phi) is 8.47. The zero-order valence-corrected chi connectivity index (χ0v) is 15.3. The van der Waals surface area contributed by atoms with Crippen LogP contribution in [0.3, 0.4) is 0 Å². The van der Waals surface area contributed by atoms with E-state index in [9.17, 15) is 22.8 Å². The average Bonchev–Trinajstić information content (AvgIpc) is 3.06. The van der Waals surface area contributed by atoms with Crippen LogP contribution in [0.5, 0.6) is 0 Å². The first-order chi connectivity index (χ1) is 11.3. The second kappa shape index (κ2) is 9.62. The molecule has 1 N–H and O–H groups in total. The number of alkyl halides is 3. The van der Waals surface area contributed by atoms with Crippen LogP contribution in [-0.2, 0) is 9.59 Å². The topological polar surface area (TPSA) is 52.7 Å². The second-order valence-corrected chi connectivity index (χ2v) is 6.65. The van der Waals surface area contributed by atoms with E-state index in [0.29, 0.717) is 25.8 Å². The van der Waals surface area contributed by atoms with Gasteiger partial charge in [0.25, 0.3) is 0 Å². The highest BCUT2D eigenvalue weighted by atomic mass is 35.5. The summed E-state index contributed by atoms with van der Waals surface area (Å²) in [6.45, 7) is 2.24. The lowest BCUT2D eigenvalue weighted by Crippen LogP contribution is -2.52. The zero-order chi connectivity index (χ0) is 17.7. The van der Waals surface area contributed by atoms with E-state index in [1.807, 2.05) is 0 Å². The van der Waals surface area contributed by atoms with E-state index in [0.717, 1.165) is 24.3 Å². The number of halogens is 4. The number of hydrogen-bond acceptors (Lipinski definition) is 3. The summed E-state index contributed by atoms with van der Waals surface area (Å²) in [6.07, 6.45) is -1.00. The fourth-order valence-corrected chi connectivity index (χ4v) is 3.51. The quantitative estimate of drug-likeness (QED) is 0.789. The van der Waals surface area contributed by atoms with Crippen molar-refractivity contribution >= 4 is 24.2 Å². The van der Waals surface area contributed by atoms with Crippen LogP contribution in [0, 0.1) is 5.92 Å². The molecule has 5 nitrogen and oxygen atoms in total. The van der Waals surface area contributed by atoms with Crippen LogP contribution in [-0.4, -0.2) is 66.6 Å². The maximum Gasteiger partial charge on any atom is 0.406 e. The van der Waals surface area contributed by atoms with Crippen molar-refractivity contribution in [2.75, 3.05) is 32.7 Å². The van der Waals surface area contributed by atoms with Gasteiger partial charge in [-0.25, -0.2) is 0 Å². The van der Waals surface area contributed by atoms with Crippen molar-refractivity contribution in [1.29, 1.82) is 0 Å². The average molecular weight is 386 g/mol. The number of amides is 2. The van der Waals surface area contributed by atoms with E-state index < -0.39 is 24.5 Å². The Hall–Kier alpha value is -1.02. The molecule has 9 heteroatoms. The first-order valence-electron chi connectivity index (χ1n) is 8.69. The Bertz CT molecular complexity index is 456. The molecule has 2 rings (SSSR count). The smallest absolute Gasteiger partial charge is 0.341 e. The molecule has 0 bridgehead atoms. The lowest BCUT2D eigenvalue weighted by molar-refractivity contribution is -0.165. The van der Waals surface area contributed by atoms with Gasteiger partial charge in [0.2, 0.25) is 11.8 Å². The Morgan fingerprint density at radius 1 is 1.24 bits per heavy atom. The van der Waals surface area contributed by atoms with Gasteiger partial charge in [-0.15, -0.1) is 12.4 Å². The molecule has 146 valence electrons. The molecule has 0 spiro atoms. The van der Waals surface area contributed by atoms with E-state index in [1.54, 1.807) is 11.8 Å². The molecule has 2 saturated heterocycles. The lowest BCUT2D eigenvalue weighted by Gasteiger charge is -2.36. The summed E-state index contributed by atoms with van der Waals surface area (Å²) in [5.41, 5.74) is 0. The van der Waals surface area contributed by atoms with E-state index in [-0.39, 0.29) is 37.4 Å². The molecule has 0 aromatic heterocycles. The van der Waals surface area contributed by atoms with Gasteiger partial charge in [-0.3, -0.25) is 9.59 Å². The summed E-state index contributed by atoms with van der Waals surface area (Å²) in [5.74, 6) is -1.04. The number of rotatable bonds is 5. The van der Waals surface area contributed by atoms with E-state index in [4.69, 9.17) is 0 Å². The highest BCUT2D eigenvalue weighted by Gasteiger charge is 2.38. The summed E-state index contributed by atoms with van der Waals surface area (Å²) in [7, 11) is 0. The molecule has 25 heavy (non-hydrogen) atoms. The predicted octanol–water partition coefficient (Wildman–Crippen LogP) is 2.20. The minimum absolute atomic E-state index is 0. The highest BCUT2D eigenvalue weighted by Crippen LogP contribution is 2.24. The SMILES string of the molecule is CCCN(CC(F)(F)F)C(=O)C1CCCN(C(=O)C2CCCN2)C1.Cl. The number of likely N-dealkylation sites (tertiary alicyclic amines) is 1. The fraction of sp³-hybridized carbons (Fsp3) is 0.875. The summed E-state index contributed by atoms with van der Waals surface area (Å²) in [6, 6.07) is -0.208. The van der Waals surface area contributed by atoms with Crippen molar-refractivity contribution in [3.8, 4) is 0 Å². The second-order valence-electron chi connectivity index (χ2n) is 6.65. The molecule has 0 aliphatic carbocycles. The van der Waals surface area contributed by atoms with Gasteiger partial charge in [-0.2, -0.15) is 13.2 Å². The summed E-state index contributed by atoms with van der Waals surface area (Å²) < 4.78 is 38.1. The zero-order valence-electron chi connectivity index (χ0n) is 14.5. The first kappa shape index (κ1) is 22.0. The summed E-state index contributed by atoms with van der Waals surface area (Å²) in [5, 5.41) is 3.14. The van der Waals surface area contributed by atoms with Crippen LogP contribution in [0.25, 0.3) is 0 Å². The molecule has 2 atom stereocenters. The number of carbonyl (C=O) groups is 2. The molecule has 2 unspecified atom stereocenters. The number of carbonyl (C=O) groups excluding carboxylic acids is 2. The minimum atomic E-state index is -4.40. The maximum atomic E-state index is 12.7. The first-order valence-corrected chi connectivity index (χ1v) is 8.69. The van der Waals surface area contributed by atoms with Gasteiger partial charge in [0.15, 0.2) is 0 Å². The third-order valence-corrected chi connectivity index (χ3v) is 4.62. The predicted molar refractivity (Wildman–Crippen MR) is 90.5 cm³/mol.